The van der Waals surface area contributed by atoms with Crippen LogP contribution in [0.25, 0.3) is 0 Å². The van der Waals surface area contributed by atoms with Crippen molar-refractivity contribution in [3.63, 3.8) is 0 Å². The van der Waals surface area contributed by atoms with Gasteiger partial charge in [0.2, 0.25) is 0 Å². The lowest BCUT2D eigenvalue weighted by Gasteiger charge is -2.16. The van der Waals surface area contributed by atoms with Crippen molar-refractivity contribution in [1.29, 1.82) is 0 Å². The third-order valence-electron chi connectivity index (χ3n) is 2.91. The molecule has 0 spiro atoms. The van der Waals surface area contributed by atoms with E-state index in [9.17, 15) is 0 Å². The fourth-order valence-corrected chi connectivity index (χ4v) is 4.82. The summed E-state index contributed by atoms with van der Waals surface area (Å²) in [5, 5.41) is 4.31. The summed E-state index contributed by atoms with van der Waals surface area (Å²) in [7, 11) is -0.318. The summed E-state index contributed by atoms with van der Waals surface area (Å²) in [4.78, 5) is 0. The normalized spacial score (nSPS) is 28.5. The van der Waals surface area contributed by atoms with Crippen LogP contribution in [-0.2, 0) is 0 Å². The quantitative estimate of drug-likeness (QED) is 0.623. The molecule has 1 aliphatic carbocycles. The van der Waals surface area contributed by atoms with E-state index in [1.807, 2.05) is 18.2 Å². The molecule has 1 aromatic rings. The molecule has 15 heavy (non-hydrogen) atoms. The van der Waals surface area contributed by atoms with E-state index in [1.54, 1.807) is 0 Å². The summed E-state index contributed by atoms with van der Waals surface area (Å²) >= 11 is 0. The molecule has 0 saturated carbocycles. The zero-order chi connectivity index (χ0) is 11.1. The highest BCUT2D eigenvalue weighted by molar-refractivity contribution is 7.74. The van der Waals surface area contributed by atoms with Crippen molar-refractivity contribution in [2.45, 2.75) is 6.92 Å². The van der Waals surface area contributed by atoms with Crippen LogP contribution in [0.2, 0.25) is 0 Å². The molecule has 1 heteroatoms. The summed E-state index contributed by atoms with van der Waals surface area (Å²) < 4.78 is 7.71. The summed E-state index contributed by atoms with van der Waals surface area (Å²) in [6.45, 7) is 2.22. The monoisotopic (exact) mass is 213 g/mol. The van der Waals surface area contributed by atoms with Gasteiger partial charge >= 0.3 is 0 Å². The van der Waals surface area contributed by atoms with Gasteiger partial charge in [-0.2, -0.15) is 0 Å². The van der Waals surface area contributed by atoms with Crippen molar-refractivity contribution < 1.29 is 1.37 Å². The second kappa shape index (κ2) is 3.47. The Labute approximate surface area is 93.2 Å². The van der Waals surface area contributed by atoms with Crippen molar-refractivity contribution in [1.82, 2.24) is 0 Å². The van der Waals surface area contributed by atoms with Crippen LogP contribution in [0.3, 0.4) is 0 Å². The number of benzene rings is 1. The van der Waals surface area contributed by atoms with Gasteiger partial charge in [-0.25, -0.2) is 0 Å². The van der Waals surface area contributed by atoms with Crippen LogP contribution >= 0.6 is 7.92 Å². The number of hydrogen-bond acceptors (Lipinski definition) is 0. The minimum absolute atomic E-state index is 0.318. The van der Waals surface area contributed by atoms with Crippen LogP contribution in [0, 0.1) is 5.92 Å². The van der Waals surface area contributed by atoms with Crippen molar-refractivity contribution in [2.75, 3.05) is 0 Å². The summed E-state index contributed by atoms with van der Waals surface area (Å²) in [5.41, 5.74) is 0. The SMILES string of the molecule is [2H]c1cccc(P2C(C)=CC3C=CC=C32)c1. The molecule has 2 aliphatic rings. The lowest BCUT2D eigenvalue weighted by atomic mass is 10.2. The van der Waals surface area contributed by atoms with Crippen LogP contribution < -0.4 is 5.30 Å². The third-order valence-corrected chi connectivity index (χ3v) is 5.52. The van der Waals surface area contributed by atoms with E-state index in [2.05, 4.69) is 37.3 Å². The highest BCUT2D eigenvalue weighted by Crippen LogP contribution is 2.61. The number of fused-ring (bicyclic) bond motifs is 1. The van der Waals surface area contributed by atoms with Gasteiger partial charge in [0.05, 0.1) is 1.37 Å². The molecule has 74 valence electrons. The standard InChI is InChI=1S/C14H13P/c1-11-10-12-6-5-9-14(12)15(11)13-7-3-2-4-8-13/h2-10,12H,1H3/i3D. The molecule has 0 nitrogen and oxygen atoms in total. The Balaban J connectivity index is 2.05. The van der Waals surface area contributed by atoms with Crippen molar-refractivity contribution in [3.05, 3.63) is 65.2 Å². The Morgan fingerprint density at radius 2 is 2.27 bits per heavy atom. The van der Waals surface area contributed by atoms with Gasteiger partial charge in [0.15, 0.2) is 0 Å². The molecule has 0 radical (unpaired) electrons. The molecule has 1 heterocycles. The first-order valence-corrected chi connectivity index (χ1v) is 6.53. The maximum absolute atomic E-state index is 7.71. The lowest BCUT2D eigenvalue weighted by Crippen LogP contribution is -2.00. The topological polar surface area (TPSA) is 0 Å². The average molecular weight is 213 g/mol. The van der Waals surface area contributed by atoms with E-state index in [0.717, 1.165) is 0 Å². The molecular weight excluding hydrogens is 199 g/mol. The van der Waals surface area contributed by atoms with E-state index < -0.39 is 0 Å². The van der Waals surface area contributed by atoms with Crippen molar-refractivity contribution in [3.8, 4) is 0 Å². The van der Waals surface area contributed by atoms with E-state index in [0.29, 0.717) is 12.0 Å². The maximum Gasteiger partial charge on any atom is 0.0623 e. The van der Waals surface area contributed by atoms with Crippen LogP contribution in [0.15, 0.2) is 65.2 Å². The smallest absolute Gasteiger partial charge is 0.0623 e. The average Bonchev–Trinajstić information content (AvgIpc) is 2.76. The largest absolute Gasteiger partial charge is 0.0732 e. The van der Waals surface area contributed by atoms with Gasteiger partial charge < -0.3 is 0 Å². The van der Waals surface area contributed by atoms with Gasteiger partial charge in [0, 0.05) is 5.92 Å². The summed E-state index contributed by atoms with van der Waals surface area (Å²) in [5.74, 6) is 0.528. The van der Waals surface area contributed by atoms with Crippen molar-refractivity contribution in [2.24, 2.45) is 5.92 Å². The second-order valence-corrected chi connectivity index (χ2v) is 6.32. The van der Waals surface area contributed by atoms with Crippen LogP contribution in [0.5, 0.6) is 0 Å². The highest BCUT2D eigenvalue weighted by atomic mass is 31.1. The summed E-state index contributed by atoms with van der Waals surface area (Å²) in [6, 6.07) is 8.60. The number of rotatable bonds is 1. The fourth-order valence-electron chi connectivity index (χ4n) is 2.26. The predicted octanol–water partition coefficient (Wildman–Crippen LogP) is 3.78. The van der Waals surface area contributed by atoms with Crippen molar-refractivity contribution >= 4 is 13.2 Å². The first-order valence-electron chi connectivity index (χ1n) is 5.69. The molecule has 0 N–H and O–H groups in total. The Morgan fingerprint density at radius 1 is 1.33 bits per heavy atom. The molecular formula is C14H13P. The highest BCUT2D eigenvalue weighted by Gasteiger charge is 2.30. The first-order chi connectivity index (χ1) is 7.75. The summed E-state index contributed by atoms with van der Waals surface area (Å²) in [6.07, 6.45) is 9.02. The van der Waals surface area contributed by atoms with Gasteiger partial charge in [0.1, 0.15) is 0 Å². The van der Waals surface area contributed by atoms with E-state index in [1.165, 1.54) is 15.9 Å². The van der Waals surface area contributed by atoms with Gasteiger partial charge in [0.25, 0.3) is 0 Å². The number of hydrogen-bond donors (Lipinski definition) is 0. The molecule has 0 aromatic heterocycles. The Kier molecular flexibility index (Phi) is 1.87. The van der Waals surface area contributed by atoms with Gasteiger partial charge in [-0.1, -0.05) is 54.6 Å². The van der Waals surface area contributed by atoms with E-state index in [4.69, 9.17) is 1.37 Å². The van der Waals surface area contributed by atoms with Crippen LogP contribution in [0.1, 0.15) is 8.29 Å². The van der Waals surface area contributed by atoms with Gasteiger partial charge in [-0.3, -0.25) is 0 Å². The molecule has 2 unspecified atom stereocenters. The zero-order valence-corrected chi connectivity index (χ0v) is 9.54. The maximum atomic E-state index is 7.71. The molecule has 3 rings (SSSR count). The molecule has 0 bridgehead atoms. The predicted molar refractivity (Wildman–Crippen MR) is 67.5 cm³/mol. The first kappa shape index (κ1) is 8.07. The molecule has 2 atom stereocenters. The Morgan fingerprint density at radius 3 is 3.13 bits per heavy atom. The van der Waals surface area contributed by atoms with Gasteiger partial charge in [-0.15, -0.1) is 0 Å². The zero-order valence-electron chi connectivity index (χ0n) is 9.64. The van der Waals surface area contributed by atoms with Gasteiger partial charge in [-0.05, 0) is 30.8 Å². The second-order valence-electron chi connectivity index (χ2n) is 3.91. The molecule has 0 fully saturated rings. The lowest BCUT2D eigenvalue weighted by molar-refractivity contribution is 1.08. The Hall–Kier alpha value is -1.13. The van der Waals surface area contributed by atoms with E-state index >= 15 is 0 Å². The molecule has 1 aliphatic heterocycles. The minimum atomic E-state index is -0.318. The molecule has 0 saturated heterocycles. The van der Waals surface area contributed by atoms with Crippen LogP contribution in [-0.4, -0.2) is 0 Å². The molecule has 0 amide bonds. The molecule has 1 aromatic carbocycles. The third kappa shape index (κ3) is 1.41. The minimum Gasteiger partial charge on any atom is -0.0732 e. The Bertz CT molecular complexity index is 525. The van der Waals surface area contributed by atoms with E-state index in [-0.39, 0.29) is 7.92 Å². The van der Waals surface area contributed by atoms with Crippen LogP contribution in [0.4, 0.5) is 0 Å². The number of allylic oxidation sites excluding steroid dienone is 6. The fraction of sp³-hybridized carbons (Fsp3) is 0.143.